The van der Waals surface area contributed by atoms with Crippen LogP contribution in [-0.4, -0.2) is 58.7 Å². The molecule has 1 aliphatic heterocycles. The summed E-state index contributed by atoms with van der Waals surface area (Å²) in [7, 11) is 0. The summed E-state index contributed by atoms with van der Waals surface area (Å²) in [5.41, 5.74) is 0. The van der Waals surface area contributed by atoms with Gasteiger partial charge in [-0.3, -0.25) is 4.90 Å². The third-order valence-electron chi connectivity index (χ3n) is 2.39. The minimum atomic E-state index is -0.683. The summed E-state index contributed by atoms with van der Waals surface area (Å²) >= 11 is 0. The zero-order valence-electron chi connectivity index (χ0n) is 8.06. The molecule has 0 aromatic rings. The fourth-order valence-electron chi connectivity index (χ4n) is 1.93. The molecule has 0 spiro atoms. The lowest BCUT2D eigenvalue weighted by molar-refractivity contribution is 0.00468. The molecule has 1 aliphatic rings. The number of β-amino-alcohol motifs (C(OH)–C–C–N with tert-alkyl or cyclic N) is 2. The predicted molar refractivity (Wildman–Crippen MR) is 49.3 cm³/mol. The highest BCUT2D eigenvalue weighted by Crippen LogP contribution is 2.16. The Bertz CT molecular complexity index is 144. The first-order chi connectivity index (χ1) is 6.11. The summed E-state index contributed by atoms with van der Waals surface area (Å²) in [6.07, 6.45) is -0.127. The lowest BCUT2D eigenvalue weighted by Gasteiger charge is -2.34. The van der Waals surface area contributed by atoms with Crippen LogP contribution in [0.3, 0.4) is 0 Å². The molecule has 0 aromatic carbocycles. The van der Waals surface area contributed by atoms with Crippen molar-refractivity contribution < 1.29 is 15.3 Å². The summed E-state index contributed by atoms with van der Waals surface area (Å²) in [4.78, 5) is 2.00. The molecule has 1 fully saturated rings. The molecule has 1 rings (SSSR count). The van der Waals surface area contributed by atoms with Crippen molar-refractivity contribution in [3.63, 3.8) is 0 Å². The van der Waals surface area contributed by atoms with Gasteiger partial charge in [-0.2, -0.15) is 0 Å². The molecule has 0 radical (unpaired) electrons. The Kier molecular flexibility index (Phi) is 4.12. The molecule has 3 N–H and O–H groups in total. The Morgan fingerprint density at radius 3 is 2.69 bits per heavy atom. The fourth-order valence-corrected chi connectivity index (χ4v) is 1.93. The SMILES string of the molecule is C[C@@H]1C[C@H](O)CN(CC(O)CO)C1. The van der Waals surface area contributed by atoms with Crippen LogP contribution >= 0.6 is 0 Å². The van der Waals surface area contributed by atoms with Gasteiger partial charge >= 0.3 is 0 Å². The van der Waals surface area contributed by atoms with E-state index in [-0.39, 0.29) is 12.7 Å². The van der Waals surface area contributed by atoms with Crippen molar-refractivity contribution in [1.82, 2.24) is 4.90 Å². The molecule has 13 heavy (non-hydrogen) atoms. The highest BCUT2D eigenvalue weighted by atomic mass is 16.3. The van der Waals surface area contributed by atoms with Crippen LogP contribution in [0.25, 0.3) is 0 Å². The zero-order chi connectivity index (χ0) is 9.84. The van der Waals surface area contributed by atoms with Crippen molar-refractivity contribution in [2.75, 3.05) is 26.2 Å². The number of likely N-dealkylation sites (tertiary alicyclic amines) is 1. The number of aliphatic hydroxyl groups excluding tert-OH is 3. The first kappa shape index (κ1) is 10.9. The second-order valence-corrected chi connectivity index (χ2v) is 4.05. The monoisotopic (exact) mass is 189 g/mol. The molecule has 1 heterocycles. The zero-order valence-corrected chi connectivity index (χ0v) is 8.06. The normalized spacial score (nSPS) is 33.2. The molecule has 0 aromatic heterocycles. The molecule has 0 bridgehead atoms. The summed E-state index contributed by atoms with van der Waals surface area (Å²) in [6, 6.07) is 0. The molecule has 78 valence electrons. The second kappa shape index (κ2) is 4.91. The number of rotatable bonds is 3. The van der Waals surface area contributed by atoms with E-state index < -0.39 is 6.10 Å². The van der Waals surface area contributed by atoms with Gasteiger partial charge in [-0.1, -0.05) is 6.92 Å². The van der Waals surface area contributed by atoms with E-state index in [0.29, 0.717) is 19.0 Å². The summed E-state index contributed by atoms with van der Waals surface area (Å²) < 4.78 is 0. The van der Waals surface area contributed by atoms with Gasteiger partial charge in [0.1, 0.15) is 0 Å². The molecule has 3 atom stereocenters. The maximum Gasteiger partial charge on any atom is 0.0897 e. The van der Waals surface area contributed by atoms with Gasteiger partial charge in [-0.15, -0.1) is 0 Å². The Morgan fingerprint density at radius 2 is 2.15 bits per heavy atom. The topological polar surface area (TPSA) is 63.9 Å². The maximum atomic E-state index is 9.45. The van der Waals surface area contributed by atoms with Crippen LogP contribution in [0.15, 0.2) is 0 Å². The highest BCUT2D eigenvalue weighted by Gasteiger charge is 2.24. The van der Waals surface area contributed by atoms with Gasteiger partial charge in [-0.05, 0) is 12.3 Å². The molecule has 0 aliphatic carbocycles. The van der Waals surface area contributed by atoms with Gasteiger partial charge in [0.2, 0.25) is 0 Å². The molecule has 4 heteroatoms. The van der Waals surface area contributed by atoms with E-state index in [0.717, 1.165) is 13.0 Å². The number of hydrogen-bond donors (Lipinski definition) is 3. The highest BCUT2D eigenvalue weighted by molar-refractivity contribution is 4.77. The van der Waals surface area contributed by atoms with Crippen LogP contribution in [0.2, 0.25) is 0 Å². The Labute approximate surface area is 78.8 Å². The van der Waals surface area contributed by atoms with Gasteiger partial charge in [-0.25, -0.2) is 0 Å². The first-order valence-corrected chi connectivity index (χ1v) is 4.81. The van der Waals surface area contributed by atoms with Crippen molar-refractivity contribution in [1.29, 1.82) is 0 Å². The molecule has 1 unspecified atom stereocenters. The number of nitrogens with zero attached hydrogens (tertiary/aromatic N) is 1. The molecule has 4 nitrogen and oxygen atoms in total. The summed E-state index contributed by atoms with van der Waals surface area (Å²) in [5, 5.41) is 27.3. The van der Waals surface area contributed by atoms with Crippen molar-refractivity contribution in [2.24, 2.45) is 5.92 Å². The van der Waals surface area contributed by atoms with E-state index in [2.05, 4.69) is 6.92 Å². The van der Waals surface area contributed by atoms with Crippen LogP contribution in [0.1, 0.15) is 13.3 Å². The minimum absolute atomic E-state index is 0.207. The number of aliphatic hydroxyl groups is 3. The standard InChI is InChI=1S/C9H19NO3/c1-7-2-8(12)4-10(3-7)5-9(13)6-11/h7-9,11-13H,2-6H2,1H3/t7-,8+,9?/m1/s1. The summed E-state index contributed by atoms with van der Waals surface area (Å²) in [6.45, 7) is 3.84. The fraction of sp³-hybridized carbons (Fsp3) is 1.00. The molecular formula is C9H19NO3. The third-order valence-corrected chi connectivity index (χ3v) is 2.39. The van der Waals surface area contributed by atoms with Crippen molar-refractivity contribution in [3.8, 4) is 0 Å². The van der Waals surface area contributed by atoms with Crippen molar-refractivity contribution in [2.45, 2.75) is 25.6 Å². The van der Waals surface area contributed by atoms with Gasteiger partial charge in [0.15, 0.2) is 0 Å². The van der Waals surface area contributed by atoms with Gasteiger partial charge in [0.05, 0.1) is 18.8 Å². The minimum Gasteiger partial charge on any atom is -0.394 e. The lowest BCUT2D eigenvalue weighted by atomic mass is 9.98. The van der Waals surface area contributed by atoms with Crippen LogP contribution in [0.5, 0.6) is 0 Å². The van der Waals surface area contributed by atoms with Crippen LogP contribution in [0, 0.1) is 5.92 Å². The summed E-state index contributed by atoms with van der Waals surface area (Å²) in [5.74, 6) is 0.467. The van der Waals surface area contributed by atoms with Crippen LogP contribution in [0.4, 0.5) is 0 Å². The number of hydrogen-bond acceptors (Lipinski definition) is 4. The lowest BCUT2D eigenvalue weighted by Crippen LogP contribution is -2.46. The van der Waals surface area contributed by atoms with Crippen LogP contribution < -0.4 is 0 Å². The van der Waals surface area contributed by atoms with E-state index in [4.69, 9.17) is 5.11 Å². The van der Waals surface area contributed by atoms with Crippen molar-refractivity contribution in [3.05, 3.63) is 0 Å². The van der Waals surface area contributed by atoms with E-state index in [9.17, 15) is 10.2 Å². The maximum absolute atomic E-state index is 9.45. The van der Waals surface area contributed by atoms with E-state index in [1.165, 1.54) is 0 Å². The van der Waals surface area contributed by atoms with Gasteiger partial charge in [0, 0.05) is 19.6 Å². The van der Waals surface area contributed by atoms with E-state index in [1.54, 1.807) is 0 Å². The van der Waals surface area contributed by atoms with Gasteiger partial charge in [0.25, 0.3) is 0 Å². The van der Waals surface area contributed by atoms with Crippen molar-refractivity contribution >= 4 is 0 Å². The third kappa shape index (κ3) is 3.60. The second-order valence-electron chi connectivity index (χ2n) is 4.05. The molecule has 1 saturated heterocycles. The largest absolute Gasteiger partial charge is 0.394 e. The van der Waals surface area contributed by atoms with E-state index >= 15 is 0 Å². The quantitative estimate of drug-likeness (QED) is 0.535. The Morgan fingerprint density at radius 1 is 1.46 bits per heavy atom. The number of piperidine rings is 1. The molecular weight excluding hydrogens is 170 g/mol. The van der Waals surface area contributed by atoms with Gasteiger partial charge < -0.3 is 15.3 Å². The predicted octanol–water partition coefficient (Wildman–Crippen LogP) is -0.958. The first-order valence-electron chi connectivity index (χ1n) is 4.81. The smallest absolute Gasteiger partial charge is 0.0897 e. The van der Waals surface area contributed by atoms with Crippen LogP contribution in [-0.2, 0) is 0 Å². The Balaban J connectivity index is 2.32. The molecule has 0 saturated carbocycles. The van der Waals surface area contributed by atoms with E-state index in [1.807, 2.05) is 4.90 Å². The Hall–Kier alpha value is -0.160. The average Bonchev–Trinajstić information content (AvgIpc) is 2.02. The molecule has 0 amide bonds. The average molecular weight is 189 g/mol.